The van der Waals surface area contributed by atoms with Crippen LogP contribution in [0, 0.1) is 17.0 Å². The molecule has 2 aromatic carbocycles. The van der Waals surface area contributed by atoms with Crippen molar-refractivity contribution in [3.05, 3.63) is 64.6 Å². The van der Waals surface area contributed by atoms with Crippen LogP contribution in [0.15, 0.2) is 48.7 Å². The number of benzene rings is 2. The van der Waals surface area contributed by atoms with Crippen molar-refractivity contribution in [1.29, 1.82) is 0 Å². The highest BCUT2D eigenvalue weighted by atomic mass is 16.6. The molecule has 0 amide bonds. The minimum Gasteiger partial charge on any atom is -0.491 e. The summed E-state index contributed by atoms with van der Waals surface area (Å²) in [5.74, 6) is 0.980. The first-order valence-electron chi connectivity index (χ1n) is 7.51. The first-order chi connectivity index (χ1) is 11.5. The smallest absolute Gasteiger partial charge is 0.342 e. The minimum atomic E-state index is -0.886. The van der Waals surface area contributed by atoms with Crippen molar-refractivity contribution in [2.45, 2.75) is 19.6 Å². The average Bonchev–Trinajstić information content (AvgIpc) is 2.94. The summed E-state index contributed by atoms with van der Waals surface area (Å²) in [6, 6.07) is 13.6. The molecule has 0 aliphatic rings. The van der Waals surface area contributed by atoms with Crippen molar-refractivity contribution in [2.75, 3.05) is 6.61 Å². The van der Waals surface area contributed by atoms with Crippen LogP contribution in [0.2, 0.25) is 0 Å². The predicted octanol–water partition coefficient (Wildman–Crippen LogP) is 2.69. The third kappa shape index (κ3) is 3.36. The monoisotopic (exact) mass is 327 g/mol. The minimum absolute atomic E-state index is 0.0348. The maximum Gasteiger partial charge on any atom is 0.342 e. The Kier molecular flexibility index (Phi) is 4.43. The molecule has 0 saturated carbocycles. The lowest BCUT2D eigenvalue weighted by atomic mass is 10.1. The Morgan fingerprint density at radius 3 is 2.79 bits per heavy atom. The highest BCUT2D eigenvalue weighted by Gasteiger charge is 2.20. The fourth-order valence-electron chi connectivity index (χ4n) is 2.54. The van der Waals surface area contributed by atoms with Crippen LogP contribution in [0.5, 0.6) is 5.75 Å². The van der Waals surface area contributed by atoms with Crippen LogP contribution in [0.1, 0.15) is 5.82 Å². The largest absolute Gasteiger partial charge is 0.491 e. The van der Waals surface area contributed by atoms with Crippen molar-refractivity contribution in [1.82, 2.24) is 9.55 Å². The fourth-order valence-corrected chi connectivity index (χ4v) is 2.54. The van der Waals surface area contributed by atoms with Gasteiger partial charge < -0.3 is 20.0 Å². The van der Waals surface area contributed by atoms with Gasteiger partial charge in [-0.15, -0.1) is 0 Å². The van der Waals surface area contributed by atoms with E-state index in [9.17, 15) is 15.2 Å². The summed E-state index contributed by atoms with van der Waals surface area (Å²) in [5, 5.41) is 23.2. The summed E-state index contributed by atoms with van der Waals surface area (Å²) >= 11 is 0. The molecule has 124 valence electrons. The number of ether oxygens (including phenoxy) is 1. The molecule has 24 heavy (non-hydrogen) atoms. The number of aromatic nitrogens is 2. The summed E-state index contributed by atoms with van der Waals surface area (Å²) < 4.78 is 6.98. The van der Waals surface area contributed by atoms with Crippen molar-refractivity contribution in [2.24, 2.45) is 0 Å². The molecule has 1 aromatic heterocycles. The molecular formula is C17H17N3O4. The Morgan fingerprint density at radius 2 is 2.04 bits per heavy atom. The van der Waals surface area contributed by atoms with Crippen LogP contribution >= 0.6 is 0 Å². The molecule has 0 saturated heterocycles. The third-order valence-electron chi connectivity index (χ3n) is 3.78. The van der Waals surface area contributed by atoms with E-state index < -0.39 is 11.0 Å². The number of fused-ring (bicyclic) bond motifs is 1. The zero-order chi connectivity index (χ0) is 17.1. The van der Waals surface area contributed by atoms with Gasteiger partial charge in [0.25, 0.3) is 0 Å². The SMILES string of the molecule is Cc1ncc([N+](=O)[O-])n1CC(O)COc1ccc2ccccc2c1. The lowest BCUT2D eigenvalue weighted by Crippen LogP contribution is -2.24. The van der Waals surface area contributed by atoms with E-state index in [4.69, 9.17) is 4.74 Å². The van der Waals surface area contributed by atoms with Crippen molar-refractivity contribution >= 4 is 16.6 Å². The van der Waals surface area contributed by atoms with Crippen LogP contribution in [0.25, 0.3) is 10.8 Å². The van der Waals surface area contributed by atoms with Gasteiger partial charge in [0.05, 0.1) is 0 Å². The van der Waals surface area contributed by atoms with Gasteiger partial charge in [-0.05, 0) is 27.8 Å². The maximum absolute atomic E-state index is 11.0. The molecule has 3 rings (SSSR count). The first-order valence-corrected chi connectivity index (χ1v) is 7.51. The van der Waals surface area contributed by atoms with Gasteiger partial charge in [0.1, 0.15) is 31.2 Å². The Bertz CT molecular complexity index is 875. The lowest BCUT2D eigenvalue weighted by molar-refractivity contribution is -0.392. The number of aliphatic hydroxyl groups excluding tert-OH is 1. The second kappa shape index (κ2) is 6.67. The topological polar surface area (TPSA) is 90.4 Å². The Hall–Kier alpha value is -2.93. The van der Waals surface area contributed by atoms with E-state index in [2.05, 4.69) is 4.98 Å². The quantitative estimate of drug-likeness (QED) is 0.555. The van der Waals surface area contributed by atoms with Crippen molar-refractivity contribution < 1.29 is 14.8 Å². The van der Waals surface area contributed by atoms with E-state index in [1.54, 1.807) is 6.92 Å². The zero-order valence-electron chi connectivity index (χ0n) is 13.1. The van der Waals surface area contributed by atoms with Gasteiger partial charge in [-0.1, -0.05) is 30.3 Å². The van der Waals surface area contributed by atoms with Gasteiger partial charge in [-0.3, -0.25) is 0 Å². The second-order valence-corrected chi connectivity index (χ2v) is 5.51. The predicted molar refractivity (Wildman–Crippen MR) is 89.1 cm³/mol. The Labute approximate surface area is 138 Å². The lowest BCUT2D eigenvalue weighted by Gasteiger charge is -2.12. The van der Waals surface area contributed by atoms with Crippen LogP contribution < -0.4 is 4.74 Å². The molecular weight excluding hydrogens is 310 g/mol. The normalized spacial score (nSPS) is 12.2. The molecule has 0 aliphatic heterocycles. The summed E-state index contributed by atoms with van der Waals surface area (Å²) in [6.07, 6.45) is 0.301. The molecule has 1 heterocycles. The Balaban J connectivity index is 1.65. The summed E-state index contributed by atoms with van der Waals surface area (Å²) in [6.45, 7) is 1.74. The second-order valence-electron chi connectivity index (χ2n) is 5.51. The van der Waals surface area contributed by atoms with Gasteiger partial charge in [0.15, 0.2) is 5.82 Å². The number of hydrogen-bond acceptors (Lipinski definition) is 5. The number of hydrogen-bond donors (Lipinski definition) is 1. The summed E-state index contributed by atoms with van der Waals surface area (Å²) in [4.78, 5) is 14.3. The number of nitrogens with zero attached hydrogens (tertiary/aromatic N) is 3. The third-order valence-corrected chi connectivity index (χ3v) is 3.78. The van der Waals surface area contributed by atoms with Gasteiger partial charge in [-0.25, -0.2) is 9.55 Å². The fraction of sp³-hybridized carbons (Fsp3) is 0.235. The van der Waals surface area contributed by atoms with Crippen LogP contribution in [-0.2, 0) is 6.54 Å². The molecule has 7 nitrogen and oxygen atoms in total. The highest BCUT2D eigenvalue weighted by molar-refractivity contribution is 5.83. The molecule has 1 unspecified atom stereocenters. The van der Waals surface area contributed by atoms with Crippen molar-refractivity contribution in [3.8, 4) is 5.75 Å². The van der Waals surface area contributed by atoms with Crippen LogP contribution in [0.4, 0.5) is 5.82 Å². The summed E-state index contributed by atoms with van der Waals surface area (Å²) in [5.41, 5.74) is 0. The van der Waals surface area contributed by atoms with Crippen molar-refractivity contribution in [3.63, 3.8) is 0 Å². The van der Waals surface area contributed by atoms with Gasteiger partial charge in [0, 0.05) is 6.92 Å². The maximum atomic E-state index is 11.0. The molecule has 3 aromatic rings. The molecule has 0 bridgehead atoms. The van der Waals surface area contributed by atoms with Gasteiger partial charge >= 0.3 is 5.82 Å². The molecule has 0 fully saturated rings. The van der Waals surface area contributed by atoms with E-state index in [1.165, 1.54) is 10.8 Å². The molecule has 0 spiro atoms. The Morgan fingerprint density at radius 1 is 1.29 bits per heavy atom. The van der Waals surface area contributed by atoms with E-state index >= 15 is 0 Å². The molecule has 0 radical (unpaired) electrons. The van der Waals surface area contributed by atoms with Crippen LogP contribution in [-0.4, -0.2) is 32.3 Å². The van der Waals surface area contributed by atoms with Crippen LogP contribution in [0.3, 0.4) is 0 Å². The van der Waals surface area contributed by atoms with E-state index in [1.807, 2.05) is 42.5 Å². The standard InChI is InChI=1S/C17H17N3O4/c1-12-18-9-17(20(22)23)19(12)10-15(21)11-24-16-7-6-13-4-2-3-5-14(13)8-16/h2-9,15,21H,10-11H2,1H3. The average molecular weight is 327 g/mol. The number of aryl methyl sites for hydroxylation is 1. The van der Waals surface area contributed by atoms with Gasteiger partial charge in [0.2, 0.25) is 0 Å². The number of imidazole rings is 1. The van der Waals surface area contributed by atoms with E-state index in [0.717, 1.165) is 10.8 Å². The van der Waals surface area contributed by atoms with E-state index in [0.29, 0.717) is 11.6 Å². The number of rotatable bonds is 6. The number of aliphatic hydroxyl groups is 1. The molecule has 1 atom stereocenters. The zero-order valence-corrected chi connectivity index (χ0v) is 13.1. The van der Waals surface area contributed by atoms with E-state index in [-0.39, 0.29) is 19.0 Å². The highest BCUT2D eigenvalue weighted by Crippen LogP contribution is 2.21. The molecule has 1 N–H and O–H groups in total. The summed E-state index contributed by atoms with van der Waals surface area (Å²) in [7, 11) is 0. The van der Waals surface area contributed by atoms with Gasteiger partial charge in [-0.2, -0.15) is 0 Å². The molecule has 0 aliphatic carbocycles. The molecule has 7 heteroatoms. The first kappa shape index (κ1) is 15.9. The number of nitro groups is 1.